The van der Waals surface area contributed by atoms with Crippen molar-refractivity contribution in [1.82, 2.24) is 5.32 Å². The summed E-state index contributed by atoms with van der Waals surface area (Å²) in [6.45, 7) is 4.61. The van der Waals surface area contributed by atoms with Crippen molar-refractivity contribution in [2.45, 2.75) is 39.2 Å². The number of ether oxygens (including phenoxy) is 2. The van der Waals surface area contributed by atoms with Gasteiger partial charge in [-0.2, -0.15) is 0 Å². The van der Waals surface area contributed by atoms with E-state index in [0.29, 0.717) is 24.5 Å². The number of nitrogens with one attached hydrogen (secondary N) is 2. The molecule has 1 heterocycles. The molecule has 3 rings (SSSR count). The first-order valence-corrected chi connectivity index (χ1v) is 10.2. The van der Waals surface area contributed by atoms with E-state index in [1.807, 2.05) is 50.2 Å². The second-order valence-electron chi connectivity index (χ2n) is 7.29. The molecule has 2 aromatic rings. The first-order valence-electron chi connectivity index (χ1n) is 10.2. The Kier molecular flexibility index (Phi) is 7.12. The monoisotopic (exact) mass is 408 g/mol. The van der Waals surface area contributed by atoms with E-state index in [1.54, 1.807) is 13.2 Å². The molecule has 1 aliphatic heterocycles. The van der Waals surface area contributed by atoms with Crippen LogP contribution >= 0.6 is 0 Å². The van der Waals surface area contributed by atoms with E-state index in [-0.39, 0.29) is 17.9 Å². The summed E-state index contributed by atoms with van der Waals surface area (Å²) in [7, 11) is 1.60. The quantitative estimate of drug-likeness (QED) is 0.640. The lowest BCUT2D eigenvalue weighted by molar-refractivity contribution is -0.117. The van der Waals surface area contributed by atoms with Crippen molar-refractivity contribution < 1.29 is 19.1 Å². The van der Waals surface area contributed by atoms with Gasteiger partial charge in [0.15, 0.2) is 11.5 Å². The van der Waals surface area contributed by atoms with Crippen LogP contribution in [0.1, 0.15) is 49.4 Å². The number of aryl methyl sites for hydroxylation is 1. The zero-order valence-corrected chi connectivity index (χ0v) is 17.7. The Morgan fingerprint density at radius 2 is 2.03 bits per heavy atom. The van der Waals surface area contributed by atoms with Gasteiger partial charge >= 0.3 is 0 Å². The second kappa shape index (κ2) is 9.96. The van der Waals surface area contributed by atoms with E-state index in [9.17, 15) is 9.59 Å². The lowest BCUT2D eigenvalue weighted by Gasteiger charge is -2.20. The fraction of sp³-hybridized carbons (Fsp3) is 0.333. The van der Waals surface area contributed by atoms with Crippen LogP contribution in [0.25, 0.3) is 6.08 Å². The lowest BCUT2D eigenvalue weighted by Crippen LogP contribution is -2.25. The van der Waals surface area contributed by atoms with Gasteiger partial charge in [-0.1, -0.05) is 25.1 Å². The van der Waals surface area contributed by atoms with Crippen LogP contribution in [0.5, 0.6) is 11.5 Å². The number of carbonyl (C=O) groups is 2. The maximum Gasteiger partial charge on any atom is 0.244 e. The molecule has 1 aliphatic rings. The molecule has 0 spiro atoms. The molecule has 1 atom stereocenters. The zero-order chi connectivity index (χ0) is 21.5. The third-order valence-corrected chi connectivity index (χ3v) is 4.96. The van der Waals surface area contributed by atoms with Gasteiger partial charge < -0.3 is 20.1 Å². The molecule has 0 saturated heterocycles. The zero-order valence-electron chi connectivity index (χ0n) is 17.7. The largest absolute Gasteiger partial charge is 0.493 e. The highest BCUT2D eigenvalue weighted by atomic mass is 16.5. The van der Waals surface area contributed by atoms with Gasteiger partial charge in [-0.15, -0.1) is 0 Å². The number of methoxy groups -OCH3 is 1. The summed E-state index contributed by atoms with van der Waals surface area (Å²) >= 11 is 0. The fourth-order valence-electron chi connectivity index (χ4n) is 3.31. The summed E-state index contributed by atoms with van der Waals surface area (Å²) in [5.41, 5.74) is 3.81. The number of benzene rings is 2. The van der Waals surface area contributed by atoms with E-state index in [2.05, 4.69) is 10.6 Å². The SMILES string of the molecule is CCCOc1ccc(/C=C/C(=O)NC(C)c2ccc3c(c2)CCC(=O)N3)cc1OC. The summed E-state index contributed by atoms with van der Waals surface area (Å²) < 4.78 is 11.0. The average molecular weight is 408 g/mol. The van der Waals surface area contributed by atoms with E-state index >= 15 is 0 Å². The number of carbonyl (C=O) groups excluding carboxylic acids is 2. The predicted molar refractivity (Wildman–Crippen MR) is 118 cm³/mol. The van der Waals surface area contributed by atoms with Crippen molar-refractivity contribution in [3.63, 3.8) is 0 Å². The van der Waals surface area contributed by atoms with Gasteiger partial charge in [-0.25, -0.2) is 0 Å². The van der Waals surface area contributed by atoms with Crippen molar-refractivity contribution in [2.75, 3.05) is 19.0 Å². The van der Waals surface area contributed by atoms with Gasteiger partial charge in [-0.05, 0) is 60.7 Å². The van der Waals surface area contributed by atoms with Crippen molar-refractivity contribution in [2.24, 2.45) is 0 Å². The van der Waals surface area contributed by atoms with Gasteiger partial charge in [0.2, 0.25) is 11.8 Å². The maximum atomic E-state index is 12.4. The molecule has 0 aromatic heterocycles. The van der Waals surface area contributed by atoms with Gasteiger partial charge in [-0.3, -0.25) is 9.59 Å². The fourth-order valence-corrected chi connectivity index (χ4v) is 3.31. The molecule has 2 aromatic carbocycles. The third-order valence-electron chi connectivity index (χ3n) is 4.96. The number of anilines is 1. The topological polar surface area (TPSA) is 76.7 Å². The normalized spacial score (nSPS) is 14.0. The van der Waals surface area contributed by atoms with Gasteiger partial charge in [0.05, 0.1) is 19.8 Å². The molecule has 6 nitrogen and oxygen atoms in total. The highest BCUT2D eigenvalue weighted by molar-refractivity contribution is 5.94. The summed E-state index contributed by atoms with van der Waals surface area (Å²) in [5, 5.41) is 5.85. The number of amides is 2. The molecule has 158 valence electrons. The Hall–Kier alpha value is -3.28. The molecule has 30 heavy (non-hydrogen) atoms. The standard InChI is InChI=1S/C24H28N2O4/c1-4-13-30-21-10-5-17(14-22(21)29-3)6-11-23(27)25-16(2)18-7-9-20-19(15-18)8-12-24(28)26-20/h5-7,9-11,14-16H,4,8,12-13H2,1-3H3,(H,25,27)(H,26,28)/b11-6+. The molecule has 0 aliphatic carbocycles. The van der Waals surface area contributed by atoms with Crippen LogP contribution in [0.4, 0.5) is 5.69 Å². The van der Waals surface area contributed by atoms with E-state index in [0.717, 1.165) is 35.2 Å². The molecule has 0 fully saturated rings. The van der Waals surface area contributed by atoms with Crippen LogP contribution in [0.15, 0.2) is 42.5 Å². The highest BCUT2D eigenvalue weighted by Gasteiger charge is 2.16. The van der Waals surface area contributed by atoms with Gasteiger partial charge in [0, 0.05) is 18.2 Å². The molecule has 6 heteroatoms. The minimum absolute atomic E-state index is 0.0447. The molecule has 0 bridgehead atoms. The molecule has 2 amide bonds. The van der Waals surface area contributed by atoms with Gasteiger partial charge in [0.1, 0.15) is 0 Å². The minimum Gasteiger partial charge on any atom is -0.493 e. The Bertz CT molecular complexity index is 952. The summed E-state index contributed by atoms with van der Waals surface area (Å²) in [5.74, 6) is 1.20. The Morgan fingerprint density at radius 3 is 2.80 bits per heavy atom. The summed E-state index contributed by atoms with van der Waals surface area (Å²) in [6.07, 6.45) is 5.39. The van der Waals surface area contributed by atoms with Crippen LogP contribution in [0.2, 0.25) is 0 Å². The third kappa shape index (κ3) is 5.41. The van der Waals surface area contributed by atoms with Crippen molar-refractivity contribution >= 4 is 23.6 Å². The van der Waals surface area contributed by atoms with Crippen LogP contribution < -0.4 is 20.1 Å². The van der Waals surface area contributed by atoms with Crippen LogP contribution in [0.3, 0.4) is 0 Å². The Labute approximate surface area is 177 Å². The van der Waals surface area contributed by atoms with Crippen LogP contribution in [-0.2, 0) is 16.0 Å². The second-order valence-corrected chi connectivity index (χ2v) is 7.29. The molecule has 2 N–H and O–H groups in total. The molecular formula is C24H28N2O4. The average Bonchev–Trinajstić information content (AvgIpc) is 2.76. The number of hydrogen-bond donors (Lipinski definition) is 2. The highest BCUT2D eigenvalue weighted by Crippen LogP contribution is 2.29. The van der Waals surface area contributed by atoms with E-state index in [1.165, 1.54) is 6.08 Å². The van der Waals surface area contributed by atoms with Crippen molar-refractivity contribution in [1.29, 1.82) is 0 Å². The number of rotatable bonds is 8. The van der Waals surface area contributed by atoms with Crippen molar-refractivity contribution in [3.05, 3.63) is 59.2 Å². The van der Waals surface area contributed by atoms with Gasteiger partial charge in [0.25, 0.3) is 0 Å². The molecule has 1 unspecified atom stereocenters. The number of hydrogen-bond acceptors (Lipinski definition) is 4. The van der Waals surface area contributed by atoms with Crippen molar-refractivity contribution in [3.8, 4) is 11.5 Å². The first kappa shape index (κ1) is 21.4. The maximum absolute atomic E-state index is 12.4. The molecule has 0 saturated carbocycles. The smallest absolute Gasteiger partial charge is 0.244 e. The minimum atomic E-state index is -0.182. The Balaban J connectivity index is 1.62. The molecular weight excluding hydrogens is 380 g/mol. The molecule has 0 radical (unpaired) electrons. The van der Waals surface area contributed by atoms with Crippen LogP contribution in [-0.4, -0.2) is 25.5 Å². The summed E-state index contributed by atoms with van der Waals surface area (Å²) in [6, 6.07) is 11.3. The lowest BCUT2D eigenvalue weighted by atomic mass is 9.98. The van der Waals surface area contributed by atoms with Crippen LogP contribution in [0, 0.1) is 0 Å². The Morgan fingerprint density at radius 1 is 1.20 bits per heavy atom. The number of fused-ring (bicyclic) bond motifs is 1. The predicted octanol–water partition coefficient (Wildman–Crippen LogP) is 4.26. The summed E-state index contributed by atoms with van der Waals surface area (Å²) in [4.78, 5) is 23.9. The van der Waals surface area contributed by atoms with E-state index < -0.39 is 0 Å². The first-order chi connectivity index (χ1) is 14.5. The van der Waals surface area contributed by atoms with E-state index in [4.69, 9.17) is 9.47 Å².